The topological polar surface area (TPSA) is 55.7 Å². The van der Waals surface area contributed by atoms with Crippen molar-refractivity contribution in [3.05, 3.63) is 29.3 Å². The molecule has 0 saturated heterocycles. The van der Waals surface area contributed by atoms with Crippen LogP contribution in [0.25, 0.3) is 0 Å². The van der Waals surface area contributed by atoms with Crippen LogP contribution in [-0.4, -0.2) is 18.7 Å². The Kier molecular flexibility index (Phi) is 8.42. The zero-order valence-electron chi connectivity index (χ0n) is 15.4. The first-order chi connectivity index (χ1) is 11.4. The Hall–Kier alpha value is -1.93. The summed E-state index contributed by atoms with van der Waals surface area (Å²) < 4.78 is 5.36. The van der Waals surface area contributed by atoms with E-state index in [1.807, 2.05) is 20.8 Å². The third kappa shape index (κ3) is 6.67. The minimum atomic E-state index is -0.323. The maximum Gasteiger partial charge on any atom is 0.338 e. The van der Waals surface area contributed by atoms with Crippen LogP contribution in [0.4, 0.5) is 5.69 Å². The second-order valence-electron chi connectivity index (χ2n) is 7.09. The van der Waals surface area contributed by atoms with Crippen LogP contribution in [0.2, 0.25) is 0 Å². The number of benzene rings is 1. The molecule has 1 aromatic rings. The van der Waals surface area contributed by atoms with Gasteiger partial charge in [0.05, 0.1) is 17.9 Å². The van der Waals surface area contributed by atoms with Crippen molar-refractivity contribution in [1.82, 2.24) is 0 Å². The number of unbranched alkanes of at least 4 members (excludes halogenated alkanes) is 5. The minimum Gasteiger partial charge on any atom is -0.462 e. The monoisotopic (exact) mass is 331 g/mol. The molecule has 0 unspecified atom stereocenters. The first kappa shape index (κ1) is 20.1. The zero-order chi connectivity index (χ0) is 18.0. The van der Waals surface area contributed by atoms with E-state index in [0.29, 0.717) is 17.9 Å². The van der Waals surface area contributed by atoms with Crippen molar-refractivity contribution in [3.63, 3.8) is 0 Å². The van der Waals surface area contributed by atoms with Gasteiger partial charge in [0.15, 0.2) is 0 Å². The van der Waals surface area contributed by atoms with Crippen molar-refractivity contribution in [2.45, 2.75) is 71.6 Å². The number of carbonyl (C=O) groups is 1. The van der Waals surface area contributed by atoms with Gasteiger partial charge in [-0.3, -0.25) is 0 Å². The van der Waals surface area contributed by atoms with E-state index in [2.05, 4.69) is 11.9 Å². The molecule has 0 N–H and O–H groups in total. The van der Waals surface area contributed by atoms with Gasteiger partial charge in [-0.1, -0.05) is 59.8 Å². The predicted octanol–water partition coefficient (Wildman–Crippen LogP) is 5.47. The fourth-order valence-electron chi connectivity index (χ4n) is 2.54. The van der Waals surface area contributed by atoms with Gasteiger partial charge in [-0.2, -0.15) is 4.99 Å². The summed E-state index contributed by atoms with van der Waals surface area (Å²) in [5.41, 5.74) is 1.64. The molecule has 0 heterocycles. The largest absolute Gasteiger partial charge is 0.462 e. The quantitative estimate of drug-likeness (QED) is 0.261. The van der Waals surface area contributed by atoms with E-state index in [-0.39, 0.29) is 11.4 Å². The van der Waals surface area contributed by atoms with Gasteiger partial charge in [-0.05, 0) is 35.6 Å². The Morgan fingerprint density at radius 1 is 1.12 bits per heavy atom. The lowest BCUT2D eigenvalue weighted by atomic mass is 9.85. The van der Waals surface area contributed by atoms with Gasteiger partial charge in [-0.15, -0.1) is 0 Å². The maximum atomic E-state index is 12.2. The smallest absolute Gasteiger partial charge is 0.338 e. The molecule has 0 bridgehead atoms. The number of carbonyl (C=O) groups excluding carboxylic acids is 2. The highest BCUT2D eigenvalue weighted by molar-refractivity contribution is 5.90. The van der Waals surface area contributed by atoms with Crippen LogP contribution in [0.3, 0.4) is 0 Å². The number of hydrogen-bond acceptors (Lipinski definition) is 4. The Morgan fingerprint density at radius 2 is 1.79 bits per heavy atom. The standard InChI is InChI=1S/C20H29NO3/c1-5-6-7-8-9-10-13-24-19(23)16-11-12-18(21-15-22)17(14-16)20(2,3)4/h11-12,14H,5-10,13H2,1-4H3. The number of esters is 1. The molecule has 4 heteroatoms. The van der Waals surface area contributed by atoms with E-state index in [9.17, 15) is 9.59 Å². The van der Waals surface area contributed by atoms with Crippen LogP contribution in [-0.2, 0) is 14.9 Å². The van der Waals surface area contributed by atoms with E-state index in [4.69, 9.17) is 4.74 Å². The Balaban J connectivity index is 2.63. The number of hydrogen-bond donors (Lipinski definition) is 0. The predicted molar refractivity (Wildman–Crippen MR) is 96.6 cm³/mol. The maximum absolute atomic E-state index is 12.2. The molecule has 4 nitrogen and oxygen atoms in total. The van der Waals surface area contributed by atoms with Crippen molar-refractivity contribution in [2.75, 3.05) is 6.61 Å². The lowest BCUT2D eigenvalue weighted by Gasteiger charge is -2.21. The fraction of sp³-hybridized carbons (Fsp3) is 0.600. The molecule has 0 radical (unpaired) electrons. The second-order valence-corrected chi connectivity index (χ2v) is 7.09. The highest BCUT2D eigenvalue weighted by Gasteiger charge is 2.20. The Morgan fingerprint density at radius 3 is 2.42 bits per heavy atom. The van der Waals surface area contributed by atoms with Crippen molar-refractivity contribution in [3.8, 4) is 0 Å². The van der Waals surface area contributed by atoms with Crippen LogP contribution in [0, 0.1) is 0 Å². The highest BCUT2D eigenvalue weighted by atomic mass is 16.5. The lowest BCUT2D eigenvalue weighted by molar-refractivity contribution is 0.0497. The molecule has 0 aliphatic carbocycles. The summed E-state index contributed by atoms with van der Waals surface area (Å²) in [6.07, 6.45) is 8.50. The summed E-state index contributed by atoms with van der Waals surface area (Å²) in [5, 5.41) is 0. The number of isocyanates is 1. The lowest BCUT2D eigenvalue weighted by Crippen LogP contribution is -2.14. The molecule has 0 aromatic heterocycles. The average Bonchev–Trinajstić information content (AvgIpc) is 2.53. The fourth-order valence-corrected chi connectivity index (χ4v) is 2.54. The second kappa shape index (κ2) is 10.0. The van der Waals surface area contributed by atoms with Crippen molar-refractivity contribution in [2.24, 2.45) is 4.99 Å². The van der Waals surface area contributed by atoms with Gasteiger partial charge >= 0.3 is 5.97 Å². The van der Waals surface area contributed by atoms with Crippen LogP contribution < -0.4 is 0 Å². The zero-order valence-corrected chi connectivity index (χ0v) is 15.4. The number of nitrogens with zero attached hydrogens (tertiary/aromatic N) is 1. The Bertz CT molecular complexity index is 581. The van der Waals surface area contributed by atoms with Gasteiger partial charge in [0.25, 0.3) is 0 Å². The van der Waals surface area contributed by atoms with Crippen molar-refractivity contribution < 1.29 is 14.3 Å². The molecule has 1 aromatic carbocycles. The van der Waals surface area contributed by atoms with Gasteiger partial charge in [0.2, 0.25) is 6.08 Å². The molecule has 132 valence electrons. The molecule has 24 heavy (non-hydrogen) atoms. The normalized spacial score (nSPS) is 11.0. The molecule has 0 aliphatic rings. The summed E-state index contributed by atoms with van der Waals surface area (Å²) in [6, 6.07) is 5.08. The van der Waals surface area contributed by atoms with Crippen molar-refractivity contribution >= 4 is 17.7 Å². The molecule has 0 aliphatic heterocycles. The third-order valence-electron chi connectivity index (χ3n) is 3.94. The minimum absolute atomic E-state index is 0.231. The SMILES string of the molecule is CCCCCCCCOC(=O)c1ccc(N=C=O)c(C(C)(C)C)c1. The molecular formula is C20H29NO3. The summed E-state index contributed by atoms with van der Waals surface area (Å²) >= 11 is 0. The van der Waals surface area contributed by atoms with E-state index < -0.39 is 0 Å². The molecule has 0 amide bonds. The first-order valence-electron chi connectivity index (χ1n) is 8.79. The number of ether oxygens (including phenoxy) is 1. The number of aliphatic imine (C=N–C) groups is 1. The summed E-state index contributed by atoms with van der Waals surface area (Å²) in [6.45, 7) is 8.68. The van der Waals surface area contributed by atoms with E-state index in [1.54, 1.807) is 24.3 Å². The van der Waals surface area contributed by atoms with E-state index >= 15 is 0 Å². The average molecular weight is 331 g/mol. The van der Waals surface area contributed by atoms with Gasteiger partial charge in [0, 0.05) is 0 Å². The van der Waals surface area contributed by atoms with Crippen LogP contribution in [0.1, 0.15) is 82.1 Å². The van der Waals surface area contributed by atoms with E-state index in [1.165, 1.54) is 25.7 Å². The Labute approximate surface area is 145 Å². The molecule has 0 atom stereocenters. The molecule has 0 saturated carbocycles. The van der Waals surface area contributed by atoms with Crippen LogP contribution in [0.5, 0.6) is 0 Å². The van der Waals surface area contributed by atoms with Gasteiger partial charge in [0.1, 0.15) is 0 Å². The third-order valence-corrected chi connectivity index (χ3v) is 3.94. The molecule has 0 fully saturated rings. The van der Waals surface area contributed by atoms with Crippen LogP contribution in [0.15, 0.2) is 23.2 Å². The summed E-state index contributed by atoms with van der Waals surface area (Å²) in [7, 11) is 0. The number of rotatable bonds is 9. The summed E-state index contributed by atoms with van der Waals surface area (Å²) in [4.78, 5) is 26.5. The van der Waals surface area contributed by atoms with Gasteiger partial charge < -0.3 is 4.74 Å². The first-order valence-corrected chi connectivity index (χ1v) is 8.79. The highest BCUT2D eigenvalue weighted by Crippen LogP contribution is 2.32. The van der Waals surface area contributed by atoms with Gasteiger partial charge in [-0.25, -0.2) is 9.59 Å². The summed E-state index contributed by atoms with van der Waals surface area (Å²) in [5.74, 6) is -0.323. The van der Waals surface area contributed by atoms with Crippen LogP contribution >= 0.6 is 0 Å². The molecule has 0 spiro atoms. The molecule has 1 rings (SSSR count). The molecular weight excluding hydrogens is 302 g/mol. The van der Waals surface area contributed by atoms with E-state index in [0.717, 1.165) is 18.4 Å². The van der Waals surface area contributed by atoms with Crippen molar-refractivity contribution in [1.29, 1.82) is 0 Å².